The second-order valence-corrected chi connectivity index (χ2v) is 12.5. The lowest BCUT2D eigenvalue weighted by Gasteiger charge is -2.41. The van der Waals surface area contributed by atoms with Gasteiger partial charge in [0.15, 0.2) is 8.32 Å². The molecule has 0 aromatic carbocycles. The van der Waals surface area contributed by atoms with E-state index in [-0.39, 0.29) is 22.9 Å². The van der Waals surface area contributed by atoms with Crippen LogP contribution in [0.1, 0.15) is 52.5 Å². The van der Waals surface area contributed by atoms with Crippen molar-refractivity contribution in [1.82, 2.24) is 9.78 Å². The van der Waals surface area contributed by atoms with Crippen LogP contribution in [0.25, 0.3) is 0 Å². The van der Waals surface area contributed by atoms with Gasteiger partial charge in [0.2, 0.25) is 0 Å². The molecule has 0 amide bonds. The highest BCUT2D eigenvalue weighted by molar-refractivity contribution is 6.74. The molecule has 6 nitrogen and oxygen atoms in total. The first-order valence-corrected chi connectivity index (χ1v) is 10.9. The molecule has 0 aliphatic heterocycles. The van der Waals surface area contributed by atoms with Crippen molar-refractivity contribution in [2.45, 2.75) is 76.7 Å². The van der Waals surface area contributed by atoms with Gasteiger partial charge in [0.05, 0.1) is 11.0 Å². The van der Waals surface area contributed by atoms with Gasteiger partial charge in [-0.05, 0) is 43.8 Å². The highest BCUT2D eigenvalue weighted by Crippen LogP contribution is 2.40. The number of nitro groups is 1. The molecule has 2 rings (SSSR count). The maximum Gasteiger partial charge on any atom is 0.307 e. The van der Waals surface area contributed by atoms with Gasteiger partial charge in [-0.1, -0.05) is 20.8 Å². The molecule has 1 unspecified atom stereocenters. The highest BCUT2D eigenvalue weighted by atomic mass is 28.4. The average molecular weight is 325 g/mol. The minimum absolute atomic E-state index is 0.0624. The van der Waals surface area contributed by atoms with Crippen molar-refractivity contribution in [1.29, 1.82) is 0 Å². The molecule has 1 aliphatic carbocycles. The normalized spacial score (nSPS) is 23.5. The summed E-state index contributed by atoms with van der Waals surface area (Å²) in [5, 5.41) is 15.2. The molecule has 0 bridgehead atoms. The molecule has 1 heterocycles. The third kappa shape index (κ3) is 3.75. The fraction of sp³-hybridized carbons (Fsp3) is 0.800. The van der Waals surface area contributed by atoms with E-state index in [1.807, 2.05) is 0 Å². The van der Waals surface area contributed by atoms with Crippen molar-refractivity contribution in [2.24, 2.45) is 0 Å². The lowest BCUT2D eigenvalue weighted by Crippen LogP contribution is -2.45. The summed E-state index contributed by atoms with van der Waals surface area (Å²) in [5.74, 6) is 0. The molecule has 7 heteroatoms. The first kappa shape index (κ1) is 17.1. The summed E-state index contributed by atoms with van der Waals surface area (Å²) < 4.78 is 8.26. The first-order valence-electron chi connectivity index (χ1n) is 7.96. The summed E-state index contributed by atoms with van der Waals surface area (Å²) in [7, 11) is -1.77. The van der Waals surface area contributed by atoms with Crippen molar-refractivity contribution in [3.63, 3.8) is 0 Å². The number of nitrogens with zero attached hydrogens (tertiary/aromatic N) is 3. The predicted octanol–water partition coefficient (Wildman–Crippen LogP) is 4.30. The van der Waals surface area contributed by atoms with Crippen LogP contribution >= 0.6 is 0 Å². The Kier molecular flexibility index (Phi) is 4.77. The van der Waals surface area contributed by atoms with E-state index in [1.165, 1.54) is 6.20 Å². The van der Waals surface area contributed by atoms with Gasteiger partial charge in [0.25, 0.3) is 0 Å². The summed E-state index contributed by atoms with van der Waals surface area (Å²) in [6.45, 7) is 11.3. The van der Waals surface area contributed by atoms with Crippen LogP contribution < -0.4 is 0 Å². The van der Waals surface area contributed by atoms with Gasteiger partial charge < -0.3 is 4.43 Å². The second kappa shape index (κ2) is 6.12. The molecule has 1 aliphatic rings. The maximum absolute atomic E-state index is 10.8. The molecular weight excluding hydrogens is 298 g/mol. The maximum atomic E-state index is 10.8. The highest BCUT2D eigenvalue weighted by Gasteiger charge is 2.40. The van der Waals surface area contributed by atoms with Crippen LogP contribution in [0, 0.1) is 10.1 Å². The number of hydrogen-bond acceptors (Lipinski definition) is 4. The zero-order valence-corrected chi connectivity index (χ0v) is 15.2. The molecule has 1 saturated carbocycles. The van der Waals surface area contributed by atoms with E-state index in [0.29, 0.717) is 0 Å². The third-order valence-corrected chi connectivity index (χ3v) is 9.57. The summed E-state index contributed by atoms with van der Waals surface area (Å²) in [5.41, 5.74) is 0.0624. The summed E-state index contributed by atoms with van der Waals surface area (Å²) in [6.07, 6.45) is 7.17. The Morgan fingerprint density at radius 1 is 1.41 bits per heavy atom. The van der Waals surface area contributed by atoms with E-state index in [9.17, 15) is 10.1 Å². The minimum Gasteiger partial charge on any atom is -0.414 e. The van der Waals surface area contributed by atoms with E-state index in [1.54, 1.807) is 10.9 Å². The molecule has 22 heavy (non-hydrogen) atoms. The second-order valence-electron chi connectivity index (χ2n) is 7.76. The number of hydrogen-bond donors (Lipinski definition) is 0. The topological polar surface area (TPSA) is 70.2 Å². The molecule has 0 N–H and O–H groups in total. The van der Waals surface area contributed by atoms with Gasteiger partial charge in [-0.25, -0.2) is 0 Å². The summed E-state index contributed by atoms with van der Waals surface area (Å²) in [4.78, 5) is 10.4. The zero-order valence-electron chi connectivity index (χ0n) is 14.2. The Labute approximate surface area is 133 Å². The zero-order chi connectivity index (χ0) is 16.5. The largest absolute Gasteiger partial charge is 0.414 e. The Bertz CT molecular complexity index is 536. The van der Waals surface area contributed by atoms with Gasteiger partial charge in [0.1, 0.15) is 12.4 Å². The Balaban J connectivity index is 2.04. The van der Waals surface area contributed by atoms with Crippen LogP contribution in [0.15, 0.2) is 12.4 Å². The van der Waals surface area contributed by atoms with Gasteiger partial charge >= 0.3 is 5.69 Å². The summed E-state index contributed by atoms with van der Waals surface area (Å²) >= 11 is 0. The fourth-order valence-corrected chi connectivity index (χ4v) is 4.08. The molecule has 0 radical (unpaired) electrons. The quantitative estimate of drug-likeness (QED) is 0.470. The number of rotatable bonds is 4. The van der Waals surface area contributed by atoms with Crippen LogP contribution in [0.3, 0.4) is 0 Å². The Morgan fingerprint density at radius 2 is 2.09 bits per heavy atom. The van der Waals surface area contributed by atoms with Crippen molar-refractivity contribution in [3.05, 3.63) is 22.5 Å². The first-order chi connectivity index (χ1) is 10.1. The average Bonchev–Trinajstić information content (AvgIpc) is 2.86. The molecule has 0 saturated heterocycles. The predicted molar refractivity (Wildman–Crippen MR) is 88.5 cm³/mol. The molecule has 1 fully saturated rings. The molecule has 1 aromatic rings. The van der Waals surface area contributed by atoms with Crippen molar-refractivity contribution >= 4 is 14.0 Å². The van der Waals surface area contributed by atoms with Crippen molar-refractivity contribution in [2.75, 3.05) is 0 Å². The SMILES string of the molecule is CC(C)(C)[Si](C)(C)O[C@@H]1CCCC(n2cc([N+](=O)[O-])cn2)C1. The lowest BCUT2D eigenvalue weighted by atomic mass is 9.93. The fourth-order valence-electron chi connectivity index (χ4n) is 2.68. The number of aromatic nitrogens is 2. The van der Waals surface area contributed by atoms with E-state index in [0.717, 1.165) is 25.7 Å². The van der Waals surface area contributed by atoms with Crippen LogP contribution in [0.2, 0.25) is 18.1 Å². The Hall–Kier alpha value is -1.21. The van der Waals surface area contributed by atoms with Gasteiger partial charge in [-0.2, -0.15) is 5.10 Å². The van der Waals surface area contributed by atoms with Crippen LogP contribution in [-0.2, 0) is 4.43 Å². The standard InChI is InChI=1S/C15H27N3O3Si/c1-15(2,3)22(4,5)21-14-8-6-7-12(9-14)17-11-13(10-16-17)18(19)20/h10-12,14H,6-9H2,1-5H3/t12?,14-/m1/s1. The monoisotopic (exact) mass is 325 g/mol. The van der Waals surface area contributed by atoms with Crippen molar-refractivity contribution < 1.29 is 9.35 Å². The molecule has 124 valence electrons. The van der Waals surface area contributed by atoms with Gasteiger partial charge in [-0.15, -0.1) is 0 Å². The van der Waals surface area contributed by atoms with Crippen LogP contribution in [0.4, 0.5) is 5.69 Å². The van der Waals surface area contributed by atoms with E-state index in [2.05, 4.69) is 39.0 Å². The van der Waals surface area contributed by atoms with E-state index >= 15 is 0 Å². The molecule has 1 aromatic heterocycles. The third-order valence-electron chi connectivity index (χ3n) is 5.04. The molecule has 2 atom stereocenters. The summed E-state index contributed by atoms with van der Waals surface area (Å²) in [6, 6.07) is 0.206. The van der Waals surface area contributed by atoms with E-state index < -0.39 is 13.2 Å². The van der Waals surface area contributed by atoms with Gasteiger partial charge in [0, 0.05) is 6.10 Å². The van der Waals surface area contributed by atoms with E-state index in [4.69, 9.17) is 4.43 Å². The Morgan fingerprint density at radius 3 is 2.64 bits per heavy atom. The molecular formula is C15H27N3O3Si. The molecule has 0 spiro atoms. The van der Waals surface area contributed by atoms with Crippen LogP contribution in [0.5, 0.6) is 0 Å². The smallest absolute Gasteiger partial charge is 0.307 e. The lowest BCUT2D eigenvalue weighted by molar-refractivity contribution is -0.385. The van der Waals surface area contributed by atoms with Crippen LogP contribution in [-0.4, -0.2) is 29.1 Å². The van der Waals surface area contributed by atoms with Crippen molar-refractivity contribution in [3.8, 4) is 0 Å². The minimum atomic E-state index is -1.77. The van der Waals surface area contributed by atoms with Gasteiger partial charge in [-0.3, -0.25) is 14.8 Å².